The van der Waals surface area contributed by atoms with Gasteiger partial charge in [-0.3, -0.25) is 4.98 Å². The average molecular weight is 288 g/mol. The van der Waals surface area contributed by atoms with Crippen molar-refractivity contribution in [3.63, 3.8) is 0 Å². The predicted octanol–water partition coefficient (Wildman–Crippen LogP) is 4.45. The fraction of sp³-hybridized carbons (Fsp3) is 0.737. The molecular weight excluding hydrogens is 256 g/mol. The molecule has 4 atom stereocenters. The number of nitrogens with zero attached hydrogens (tertiary/aromatic N) is 1. The summed E-state index contributed by atoms with van der Waals surface area (Å²) in [5.74, 6) is 2.64. The van der Waals surface area contributed by atoms with Crippen LogP contribution in [0, 0.1) is 17.8 Å². The zero-order valence-electron chi connectivity index (χ0n) is 14.0. The molecule has 1 aliphatic carbocycles. The predicted molar refractivity (Wildman–Crippen MR) is 90.3 cm³/mol. The van der Waals surface area contributed by atoms with Crippen molar-refractivity contribution < 1.29 is 0 Å². The highest BCUT2D eigenvalue weighted by Crippen LogP contribution is 2.35. The van der Waals surface area contributed by atoms with E-state index in [2.05, 4.69) is 43.2 Å². The lowest BCUT2D eigenvalue weighted by Gasteiger charge is -2.37. The monoisotopic (exact) mass is 288 g/mol. The molecule has 118 valence electrons. The van der Waals surface area contributed by atoms with Crippen molar-refractivity contribution in [3.05, 3.63) is 30.1 Å². The molecule has 2 nitrogen and oxygen atoms in total. The Morgan fingerprint density at radius 1 is 1.24 bits per heavy atom. The van der Waals surface area contributed by atoms with E-state index < -0.39 is 0 Å². The molecule has 1 N–H and O–H groups in total. The van der Waals surface area contributed by atoms with Gasteiger partial charge in [0.05, 0.1) is 0 Å². The normalized spacial score (nSPS) is 27.5. The molecule has 0 amide bonds. The van der Waals surface area contributed by atoms with Gasteiger partial charge in [-0.05, 0) is 68.5 Å². The highest BCUT2D eigenvalue weighted by molar-refractivity contribution is 5.04. The molecule has 21 heavy (non-hydrogen) atoms. The molecule has 2 heteroatoms. The van der Waals surface area contributed by atoms with Gasteiger partial charge in [-0.25, -0.2) is 0 Å². The van der Waals surface area contributed by atoms with Gasteiger partial charge in [-0.15, -0.1) is 0 Å². The summed E-state index contributed by atoms with van der Waals surface area (Å²) in [6.07, 6.45) is 9.65. The van der Waals surface area contributed by atoms with E-state index in [9.17, 15) is 0 Å². The summed E-state index contributed by atoms with van der Waals surface area (Å²) in [6, 6.07) is 6.92. The summed E-state index contributed by atoms with van der Waals surface area (Å²) < 4.78 is 0. The van der Waals surface area contributed by atoms with Crippen LogP contribution in [0.4, 0.5) is 0 Å². The van der Waals surface area contributed by atoms with Gasteiger partial charge in [0.15, 0.2) is 0 Å². The topological polar surface area (TPSA) is 24.9 Å². The van der Waals surface area contributed by atoms with Gasteiger partial charge in [-0.2, -0.15) is 0 Å². The van der Waals surface area contributed by atoms with Crippen LogP contribution in [0.1, 0.15) is 58.6 Å². The van der Waals surface area contributed by atoms with Crippen molar-refractivity contribution >= 4 is 0 Å². The molecule has 1 fully saturated rings. The van der Waals surface area contributed by atoms with Gasteiger partial charge in [0.25, 0.3) is 0 Å². The second-order valence-electron chi connectivity index (χ2n) is 6.95. The van der Waals surface area contributed by atoms with E-state index in [-0.39, 0.29) is 0 Å². The minimum Gasteiger partial charge on any atom is -0.314 e. The fourth-order valence-corrected chi connectivity index (χ4v) is 3.64. The molecule has 2 rings (SSSR count). The molecule has 1 aromatic rings. The molecule has 1 saturated carbocycles. The summed E-state index contributed by atoms with van der Waals surface area (Å²) in [4.78, 5) is 4.48. The van der Waals surface area contributed by atoms with E-state index in [0.29, 0.717) is 6.04 Å². The van der Waals surface area contributed by atoms with Gasteiger partial charge < -0.3 is 5.32 Å². The Morgan fingerprint density at radius 2 is 2.10 bits per heavy atom. The maximum absolute atomic E-state index is 4.48. The molecule has 0 aromatic carbocycles. The van der Waals surface area contributed by atoms with Crippen molar-refractivity contribution in [3.8, 4) is 0 Å². The van der Waals surface area contributed by atoms with E-state index in [4.69, 9.17) is 0 Å². The number of hydrogen-bond acceptors (Lipinski definition) is 2. The van der Waals surface area contributed by atoms with Crippen LogP contribution in [0.15, 0.2) is 24.4 Å². The smallest absolute Gasteiger partial charge is 0.0404 e. The third kappa shape index (κ3) is 5.10. The lowest BCUT2D eigenvalue weighted by molar-refractivity contribution is 0.166. The number of pyridine rings is 1. The number of aromatic nitrogens is 1. The zero-order valence-corrected chi connectivity index (χ0v) is 14.0. The fourth-order valence-electron chi connectivity index (χ4n) is 3.64. The number of aryl methyl sites for hydroxylation is 1. The van der Waals surface area contributed by atoms with Crippen molar-refractivity contribution in [2.24, 2.45) is 17.8 Å². The van der Waals surface area contributed by atoms with Crippen molar-refractivity contribution in [2.45, 2.75) is 65.3 Å². The van der Waals surface area contributed by atoms with Crippen molar-refractivity contribution in [1.82, 2.24) is 10.3 Å². The summed E-state index contributed by atoms with van der Waals surface area (Å²) in [5, 5.41) is 3.82. The second-order valence-corrected chi connectivity index (χ2v) is 6.95. The van der Waals surface area contributed by atoms with Gasteiger partial charge in [0, 0.05) is 17.9 Å². The van der Waals surface area contributed by atoms with Crippen LogP contribution < -0.4 is 5.32 Å². The molecular formula is C19H32N2. The summed E-state index contributed by atoms with van der Waals surface area (Å²) in [6.45, 7) is 8.26. The molecule has 0 saturated heterocycles. The first-order valence-corrected chi connectivity index (χ1v) is 8.84. The van der Waals surface area contributed by atoms with Crippen molar-refractivity contribution in [2.75, 3.05) is 6.54 Å². The van der Waals surface area contributed by atoms with Crippen LogP contribution in [0.5, 0.6) is 0 Å². The largest absolute Gasteiger partial charge is 0.314 e. The number of nitrogens with one attached hydrogen (secondary N) is 1. The van der Waals surface area contributed by atoms with Gasteiger partial charge in [-0.1, -0.05) is 33.3 Å². The van der Waals surface area contributed by atoms with Crippen LogP contribution >= 0.6 is 0 Å². The first-order valence-electron chi connectivity index (χ1n) is 8.84. The molecule has 0 bridgehead atoms. The first kappa shape index (κ1) is 16.5. The minimum atomic E-state index is 0.668. The number of rotatable bonds is 7. The highest BCUT2D eigenvalue weighted by atomic mass is 14.9. The number of hydrogen-bond donors (Lipinski definition) is 1. The molecule has 0 spiro atoms. The summed E-state index contributed by atoms with van der Waals surface area (Å²) >= 11 is 0. The zero-order chi connectivity index (χ0) is 15.1. The maximum Gasteiger partial charge on any atom is 0.0404 e. The lowest BCUT2D eigenvalue weighted by atomic mass is 9.72. The summed E-state index contributed by atoms with van der Waals surface area (Å²) in [7, 11) is 0. The Balaban J connectivity index is 1.91. The second kappa shape index (κ2) is 8.53. The molecule has 4 unspecified atom stereocenters. The Kier molecular flexibility index (Phi) is 6.69. The molecule has 1 aliphatic rings. The maximum atomic E-state index is 4.48. The third-order valence-electron chi connectivity index (χ3n) is 5.30. The van der Waals surface area contributed by atoms with Crippen LogP contribution in [0.2, 0.25) is 0 Å². The molecule has 0 aliphatic heterocycles. The summed E-state index contributed by atoms with van der Waals surface area (Å²) in [5.41, 5.74) is 1.23. The third-order valence-corrected chi connectivity index (χ3v) is 5.30. The van der Waals surface area contributed by atoms with E-state index in [1.54, 1.807) is 0 Å². The molecule has 0 radical (unpaired) electrons. The lowest BCUT2D eigenvalue weighted by Crippen LogP contribution is -2.40. The Hall–Kier alpha value is -0.890. The van der Waals surface area contributed by atoms with Gasteiger partial charge >= 0.3 is 0 Å². The van der Waals surface area contributed by atoms with Crippen LogP contribution in [0.25, 0.3) is 0 Å². The van der Waals surface area contributed by atoms with E-state index >= 15 is 0 Å². The molecule has 1 aromatic heterocycles. The Bertz CT molecular complexity index is 390. The quantitative estimate of drug-likeness (QED) is 0.801. The Morgan fingerprint density at radius 3 is 2.76 bits per heavy atom. The first-order chi connectivity index (χ1) is 10.2. The standard InChI is InChI=1S/C19H32N2/c1-4-12-21-19(11-10-18-7-5-6-13-20-18)17-9-8-15(2)16(3)14-17/h5-7,13,15-17,19,21H,4,8-12,14H2,1-3H3. The van der Waals surface area contributed by atoms with Gasteiger partial charge in [0.1, 0.15) is 0 Å². The van der Waals surface area contributed by atoms with E-state index in [1.807, 2.05) is 12.3 Å². The Labute approximate surface area is 130 Å². The van der Waals surface area contributed by atoms with E-state index in [1.165, 1.54) is 37.8 Å². The van der Waals surface area contributed by atoms with Crippen molar-refractivity contribution in [1.29, 1.82) is 0 Å². The van der Waals surface area contributed by atoms with E-state index in [0.717, 1.165) is 30.7 Å². The SMILES string of the molecule is CCCNC(CCc1ccccn1)C1CCC(C)C(C)C1. The minimum absolute atomic E-state index is 0.668. The highest BCUT2D eigenvalue weighted by Gasteiger charge is 2.29. The van der Waals surface area contributed by atoms with Crippen LogP contribution in [-0.4, -0.2) is 17.6 Å². The van der Waals surface area contributed by atoms with Gasteiger partial charge in [0.2, 0.25) is 0 Å². The van der Waals surface area contributed by atoms with Crippen LogP contribution in [-0.2, 0) is 6.42 Å². The average Bonchev–Trinajstić information content (AvgIpc) is 2.51. The molecule has 1 heterocycles. The van der Waals surface area contributed by atoms with Crippen LogP contribution in [0.3, 0.4) is 0 Å².